The fraction of sp³-hybridized carbons (Fsp3) is 0.375. The van der Waals surface area contributed by atoms with Crippen LogP contribution in [0.5, 0.6) is 0 Å². The molecule has 0 N–H and O–H groups in total. The van der Waals surface area contributed by atoms with Crippen molar-refractivity contribution in [2.45, 2.75) is 12.6 Å². The Hall–Kier alpha value is -0.580. The van der Waals surface area contributed by atoms with Gasteiger partial charge >= 0.3 is 6.18 Å². The third-order valence-corrected chi connectivity index (χ3v) is 1.89. The molecule has 1 aromatic rings. The molecule has 0 amide bonds. The number of nitrogens with zero attached hydrogens (tertiary/aromatic N) is 1. The predicted octanol–water partition coefficient (Wildman–Crippen LogP) is 3.04. The summed E-state index contributed by atoms with van der Waals surface area (Å²) >= 11 is 3.19. The fourth-order valence-electron chi connectivity index (χ4n) is 0.849. The van der Waals surface area contributed by atoms with Crippen LogP contribution in [0.3, 0.4) is 0 Å². The Labute approximate surface area is 82.1 Å². The molecule has 0 aliphatic carbocycles. The molecule has 0 spiro atoms. The molecular weight excluding hydrogens is 247 g/mol. The van der Waals surface area contributed by atoms with Gasteiger partial charge in [0.25, 0.3) is 0 Å². The van der Waals surface area contributed by atoms with Crippen molar-refractivity contribution in [3.05, 3.63) is 29.6 Å². The van der Waals surface area contributed by atoms with Crippen molar-refractivity contribution in [1.82, 2.24) is 4.98 Å². The summed E-state index contributed by atoms with van der Waals surface area (Å²) in [7, 11) is 0. The molecule has 0 atom stereocenters. The molecular formula is C8H7BrF3N. The maximum atomic E-state index is 12.0. The van der Waals surface area contributed by atoms with Crippen LogP contribution in [0.25, 0.3) is 0 Å². The van der Waals surface area contributed by atoms with Crippen LogP contribution in [0.4, 0.5) is 13.2 Å². The van der Waals surface area contributed by atoms with Crippen molar-refractivity contribution >= 4 is 15.9 Å². The summed E-state index contributed by atoms with van der Waals surface area (Å²) in [5.74, 6) is 0. The molecule has 1 nitrogen and oxygen atoms in total. The average molecular weight is 254 g/mol. The summed E-state index contributed by atoms with van der Waals surface area (Å²) in [4.78, 5) is 3.32. The normalized spacial score (nSPS) is 11.7. The van der Waals surface area contributed by atoms with Crippen molar-refractivity contribution in [3.8, 4) is 0 Å². The Morgan fingerprint density at radius 1 is 1.31 bits per heavy atom. The van der Waals surface area contributed by atoms with Gasteiger partial charge in [-0.2, -0.15) is 13.2 Å². The number of hydrogen-bond acceptors (Lipinski definition) is 1. The molecule has 5 heteroatoms. The Balaban J connectivity index is 2.81. The molecule has 1 rings (SSSR count). The van der Waals surface area contributed by atoms with Crippen LogP contribution in [0, 0.1) is 0 Å². The smallest absolute Gasteiger partial charge is 0.252 e. The minimum atomic E-state index is -4.34. The molecule has 72 valence electrons. The standard InChI is InChI=1S/C8H7BrF3N/c9-4-3-6-1-2-7(13-5-6)8(10,11)12/h1-2,5H,3-4H2. The van der Waals surface area contributed by atoms with Crippen LogP contribution in [0.2, 0.25) is 0 Å². The highest BCUT2D eigenvalue weighted by atomic mass is 79.9. The molecule has 13 heavy (non-hydrogen) atoms. The van der Waals surface area contributed by atoms with Crippen molar-refractivity contribution < 1.29 is 13.2 Å². The lowest BCUT2D eigenvalue weighted by atomic mass is 10.2. The molecule has 0 aliphatic heterocycles. The molecule has 0 unspecified atom stereocenters. The van der Waals surface area contributed by atoms with Gasteiger partial charge in [0.2, 0.25) is 0 Å². The monoisotopic (exact) mass is 253 g/mol. The van der Waals surface area contributed by atoms with Crippen LogP contribution < -0.4 is 0 Å². The lowest BCUT2D eigenvalue weighted by molar-refractivity contribution is -0.141. The van der Waals surface area contributed by atoms with Gasteiger partial charge in [0.1, 0.15) is 5.69 Å². The number of hydrogen-bond donors (Lipinski definition) is 0. The van der Waals surface area contributed by atoms with Gasteiger partial charge in [-0.3, -0.25) is 4.98 Å². The summed E-state index contributed by atoms with van der Waals surface area (Å²) in [5.41, 5.74) is -0.0457. The summed E-state index contributed by atoms with van der Waals surface area (Å²) < 4.78 is 36.1. The Morgan fingerprint density at radius 3 is 2.38 bits per heavy atom. The van der Waals surface area contributed by atoms with Crippen LogP contribution in [0.15, 0.2) is 18.3 Å². The number of alkyl halides is 4. The quantitative estimate of drug-likeness (QED) is 0.739. The van der Waals surface area contributed by atoms with E-state index in [-0.39, 0.29) is 0 Å². The first-order valence-corrected chi connectivity index (χ1v) is 4.74. The molecule has 0 radical (unpaired) electrons. The number of pyridine rings is 1. The van der Waals surface area contributed by atoms with Crippen LogP contribution in [-0.4, -0.2) is 10.3 Å². The van der Waals surface area contributed by atoms with Gasteiger partial charge in [0, 0.05) is 11.5 Å². The molecule has 0 bridgehead atoms. The zero-order valence-corrected chi connectivity index (χ0v) is 8.19. The van der Waals surface area contributed by atoms with E-state index in [9.17, 15) is 13.2 Å². The van der Waals surface area contributed by atoms with Gasteiger partial charge < -0.3 is 0 Å². The van der Waals surface area contributed by atoms with E-state index in [1.54, 1.807) is 0 Å². The first-order valence-electron chi connectivity index (χ1n) is 3.62. The maximum absolute atomic E-state index is 12.0. The average Bonchev–Trinajstić information content (AvgIpc) is 2.04. The predicted molar refractivity (Wildman–Crippen MR) is 46.7 cm³/mol. The van der Waals surface area contributed by atoms with Gasteiger partial charge in [0.15, 0.2) is 0 Å². The zero-order chi connectivity index (χ0) is 9.90. The minimum Gasteiger partial charge on any atom is -0.252 e. The van der Waals surface area contributed by atoms with Gasteiger partial charge in [-0.1, -0.05) is 22.0 Å². The van der Waals surface area contributed by atoms with Crippen molar-refractivity contribution in [2.24, 2.45) is 0 Å². The summed E-state index contributed by atoms with van der Waals surface area (Å²) in [6, 6.07) is 2.44. The fourth-order valence-corrected chi connectivity index (χ4v) is 1.31. The van der Waals surface area contributed by atoms with Gasteiger partial charge in [-0.15, -0.1) is 0 Å². The Bertz CT molecular complexity index is 268. The van der Waals surface area contributed by atoms with Crippen molar-refractivity contribution in [2.75, 3.05) is 5.33 Å². The molecule has 0 saturated heterocycles. The van der Waals surface area contributed by atoms with E-state index in [0.29, 0.717) is 6.42 Å². The number of aromatic nitrogens is 1. The van der Waals surface area contributed by atoms with Gasteiger partial charge in [0.05, 0.1) is 0 Å². The third-order valence-electron chi connectivity index (χ3n) is 1.50. The number of aryl methyl sites for hydroxylation is 1. The van der Waals surface area contributed by atoms with Crippen LogP contribution >= 0.6 is 15.9 Å². The first-order chi connectivity index (χ1) is 6.04. The second-order valence-electron chi connectivity index (χ2n) is 2.49. The van der Waals surface area contributed by atoms with Crippen molar-refractivity contribution in [1.29, 1.82) is 0 Å². The molecule has 0 fully saturated rings. The zero-order valence-electron chi connectivity index (χ0n) is 6.61. The second kappa shape index (κ2) is 4.09. The second-order valence-corrected chi connectivity index (χ2v) is 3.28. The lowest BCUT2D eigenvalue weighted by Gasteiger charge is -2.05. The van der Waals surface area contributed by atoms with E-state index in [1.807, 2.05) is 0 Å². The van der Waals surface area contributed by atoms with E-state index in [2.05, 4.69) is 20.9 Å². The molecule has 0 saturated carbocycles. The van der Waals surface area contributed by atoms with Crippen molar-refractivity contribution in [3.63, 3.8) is 0 Å². The molecule has 0 aliphatic rings. The Kier molecular flexibility index (Phi) is 3.30. The van der Waals surface area contributed by atoms with Crippen LogP contribution in [0.1, 0.15) is 11.3 Å². The van der Waals surface area contributed by atoms with E-state index in [1.165, 1.54) is 12.3 Å². The molecule has 1 heterocycles. The minimum absolute atomic E-state index is 0.686. The van der Waals surface area contributed by atoms with Crippen LogP contribution in [-0.2, 0) is 12.6 Å². The summed E-state index contributed by atoms with van der Waals surface area (Å²) in [5, 5.41) is 0.722. The lowest BCUT2D eigenvalue weighted by Crippen LogP contribution is -2.07. The topological polar surface area (TPSA) is 12.9 Å². The third kappa shape index (κ3) is 2.99. The Morgan fingerprint density at radius 2 is 2.00 bits per heavy atom. The van der Waals surface area contributed by atoms with E-state index < -0.39 is 11.9 Å². The van der Waals surface area contributed by atoms with E-state index in [0.717, 1.165) is 17.0 Å². The number of rotatable bonds is 2. The summed E-state index contributed by atoms with van der Waals surface area (Å²) in [6.45, 7) is 0. The van der Waals surface area contributed by atoms with E-state index in [4.69, 9.17) is 0 Å². The largest absolute Gasteiger partial charge is 0.433 e. The number of halogens is 4. The highest BCUT2D eigenvalue weighted by molar-refractivity contribution is 9.09. The summed E-state index contributed by atoms with van der Waals surface area (Å²) in [6.07, 6.45) is -2.40. The molecule has 1 aromatic heterocycles. The highest BCUT2D eigenvalue weighted by Crippen LogP contribution is 2.27. The SMILES string of the molecule is FC(F)(F)c1ccc(CCBr)cn1. The van der Waals surface area contributed by atoms with Gasteiger partial charge in [-0.05, 0) is 18.1 Å². The highest BCUT2D eigenvalue weighted by Gasteiger charge is 2.31. The first kappa shape index (κ1) is 10.5. The molecule has 0 aromatic carbocycles. The van der Waals surface area contributed by atoms with Gasteiger partial charge in [-0.25, -0.2) is 0 Å². The van der Waals surface area contributed by atoms with E-state index >= 15 is 0 Å². The maximum Gasteiger partial charge on any atom is 0.433 e.